The summed E-state index contributed by atoms with van der Waals surface area (Å²) in [6.07, 6.45) is 8.67. The van der Waals surface area contributed by atoms with Crippen molar-refractivity contribution in [2.75, 3.05) is 6.26 Å². The van der Waals surface area contributed by atoms with Gasteiger partial charge in [-0.2, -0.15) is 0 Å². The third-order valence-corrected chi connectivity index (χ3v) is 3.52. The number of aromatic nitrogens is 2. The summed E-state index contributed by atoms with van der Waals surface area (Å²) in [5.74, 6) is 0.452. The first-order valence-electron chi connectivity index (χ1n) is 5.68. The van der Waals surface area contributed by atoms with Crippen molar-refractivity contribution in [2.24, 2.45) is 0 Å². The molecule has 0 bridgehead atoms. The standard InChI is InChI=1S/C14H16N2S/c1-11(12-4-3-6-15-10-12)8-13-9-14(17-2)5-7-16-13/h3-7,9-11H,8H2,1-2H3. The lowest BCUT2D eigenvalue weighted by atomic mass is 9.98. The van der Waals surface area contributed by atoms with Crippen molar-refractivity contribution in [1.29, 1.82) is 0 Å². The number of thioether (sulfide) groups is 1. The molecular formula is C14H16N2S. The van der Waals surface area contributed by atoms with Gasteiger partial charge in [0.25, 0.3) is 0 Å². The Kier molecular flexibility index (Phi) is 4.15. The highest BCUT2D eigenvalue weighted by atomic mass is 32.2. The Morgan fingerprint density at radius 3 is 2.88 bits per heavy atom. The maximum absolute atomic E-state index is 4.42. The van der Waals surface area contributed by atoms with Crippen LogP contribution in [0.1, 0.15) is 24.1 Å². The van der Waals surface area contributed by atoms with Gasteiger partial charge in [-0.3, -0.25) is 9.97 Å². The van der Waals surface area contributed by atoms with Gasteiger partial charge in [0.15, 0.2) is 0 Å². The predicted octanol–water partition coefficient (Wildman–Crippen LogP) is 3.54. The molecule has 2 rings (SSSR count). The molecular weight excluding hydrogens is 228 g/mol. The van der Waals surface area contributed by atoms with Gasteiger partial charge in [-0.15, -0.1) is 11.8 Å². The molecule has 0 aliphatic rings. The van der Waals surface area contributed by atoms with Gasteiger partial charge in [-0.1, -0.05) is 13.0 Å². The van der Waals surface area contributed by atoms with E-state index in [-0.39, 0.29) is 0 Å². The molecule has 0 spiro atoms. The Morgan fingerprint density at radius 2 is 2.18 bits per heavy atom. The molecule has 0 radical (unpaired) electrons. The first kappa shape index (κ1) is 12.1. The fourth-order valence-corrected chi connectivity index (χ4v) is 2.24. The molecule has 0 saturated heterocycles. The van der Waals surface area contributed by atoms with Gasteiger partial charge < -0.3 is 0 Å². The maximum atomic E-state index is 4.42. The van der Waals surface area contributed by atoms with Crippen LogP contribution in [-0.4, -0.2) is 16.2 Å². The summed E-state index contributed by atoms with van der Waals surface area (Å²) in [6, 6.07) is 8.31. The van der Waals surface area contributed by atoms with Gasteiger partial charge in [0.2, 0.25) is 0 Å². The summed E-state index contributed by atoms with van der Waals surface area (Å²) >= 11 is 1.75. The Balaban J connectivity index is 2.10. The highest BCUT2D eigenvalue weighted by Gasteiger charge is 2.07. The third-order valence-electron chi connectivity index (χ3n) is 2.79. The molecule has 2 aromatic rings. The van der Waals surface area contributed by atoms with Crippen LogP contribution in [0.25, 0.3) is 0 Å². The zero-order valence-corrected chi connectivity index (χ0v) is 10.9. The Hall–Kier alpha value is -1.35. The summed E-state index contributed by atoms with van der Waals surface area (Å²) in [5.41, 5.74) is 2.41. The van der Waals surface area contributed by atoms with Crippen molar-refractivity contribution in [1.82, 2.24) is 9.97 Å². The minimum absolute atomic E-state index is 0.452. The van der Waals surface area contributed by atoms with Crippen molar-refractivity contribution in [3.8, 4) is 0 Å². The van der Waals surface area contributed by atoms with Crippen LogP contribution in [0.4, 0.5) is 0 Å². The van der Waals surface area contributed by atoms with Crippen molar-refractivity contribution in [2.45, 2.75) is 24.2 Å². The van der Waals surface area contributed by atoms with Crippen LogP contribution >= 0.6 is 11.8 Å². The molecule has 3 heteroatoms. The van der Waals surface area contributed by atoms with Crippen LogP contribution in [0.15, 0.2) is 47.8 Å². The third kappa shape index (κ3) is 3.30. The van der Waals surface area contributed by atoms with Crippen molar-refractivity contribution in [3.05, 3.63) is 54.1 Å². The monoisotopic (exact) mass is 244 g/mol. The molecule has 2 nitrogen and oxygen atoms in total. The van der Waals surface area contributed by atoms with Crippen LogP contribution in [0.2, 0.25) is 0 Å². The molecule has 1 unspecified atom stereocenters. The molecule has 17 heavy (non-hydrogen) atoms. The molecule has 0 N–H and O–H groups in total. The van der Waals surface area contributed by atoms with Gasteiger partial charge in [0, 0.05) is 29.2 Å². The van der Waals surface area contributed by atoms with Crippen molar-refractivity contribution >= 4 is 11.8 Å². The second kappa shape index (κ2) is 5.82. The number of hydrogen-bond donors (Lipinski definition) is 0. The normalized spacial score (nSPS) is 12.4. The smallest absolute Gasteiger partial charge is 0.0420 e. The SMILES string of the molecule is CSc1ccnc(CC(C)c2cccnc2)c1. The van der Waals surface area contributed by atoms with E-state index in [0.717, 1.165) is 12.1 Å². The van der Waals surface area contributed by atoms with Gasteiger partial charge in [0.1, 0.15) is 0 Å². The molecule has 0 aromatic carbocycles. The molecule has 88 valence electrons. The van der Waals surface area contributed by atoms with Crippen LogP contribution in [0.5, 0.6) is 0 Å². The summed E-state index contributed by atoms with van der Waals surface area (Å²) in [4.78, 5) is 9.85. The van der Waals surface area contributed by atoms with Gasteiger partial charge >= 0.3 is 0 Å². The summed E-state index contributed by atoms with van der Waals surface area (Å²) < 4.78 is 0. The predicted molar refractivity (Wildman–Crippen MR) is 72.4 cm³/mol. The maximum Gasteiger partial charge on any atom is 0.0420 e. The highest BCUT2D eigenvalue weighted by Crippen LogP contribution is 2.21. The molecule has 0 fully saturated rings. The largest absolute Gasteiger partial charge is 0.264 e. The summed E-state index contributed by atoms with van der Waals surface area (Å²) in [6.45, 7) is 2.21. The molecule has 0 aliphatic carbocycles. The lowest BCUT2D eigenvalue weighted by Gasteiger charge is -2.11. The first-order valence-corrected chi connectivity index (χ1v) is 6.91. The van der Waals surface area contributed by atoms with E-state index >= 15 is 0 Å². The average Bonchev–Trinajstić information content (AvgIpc) is 2.40. The van der Waals surface area contributed by atoms with Gasteiger partial charge in [0.05, 0.1) is 0 Å². The van der Waals surface area contributed by atoms with E-state index in [2.05, 4.69) is 35.3 Å². The minimum Gasteiger partial charge on any atom is -0.264 e. The summed E-state index contributed by atoms with van der Waals surface area (Å²) in [7, 11) is 0. The van der Waals surface area contributed by atoms with E-state index < -0.39 is 0 Å². The molecule has 1 atom stereocenters. The average molecular weight is 244 g/mol. The van der Waals surface area contributed by atoms with Crippen LogP contribution in [-0.2, 0) is 6.42 Å². The van der Waals surface area contributed by atoms with Crippen molar-refractivity contribution in [3.63, 3.8) is 0 Å². The van der Waals surface area contributed by atoms with Crippen molar-refractivity contribution < 1.29 is 0 Å². The Labute approximate surface area is 107 Å². The lowest BCUT2D eigenvalue weighted by molar-refractivity contribution is 0.734. The molecule has 0 amide bonds. The number of nitrogens with zero attached hydrogens (tertiary/aromatic N) is 2. The van der Waals surface area contributed by atoms with Gasteiger partial charge in [-0.05, 0) is 42.4 Å². The zero-order valence-electron chi connectivity index (χ0n) is 10.1. The Bertz CT molecular complexity index is 471. The highest BCUT2D eigenvalue weighted by molar-refractivity contribution is 7.98. The quantitative estimate of drug-likeness (QED) is 0.769. The lowest BCUT2D eigenvalue weighted by Crippen LogP contribution is -2.00. The van der Waals surface area contributed by atoms with Crippen LogP contribution < -0.4 is 0 Å². The topological polar surface area (TPSA) is 25.8 Å². The fraction of sp³-hybridized carbons (Fsp3) is 0.286. The Morgan fingerprint density at radius 1 is 1.29 bits per heavy atom. The fourth-order valence-electron chi connectivity index (χ4n) is 1.79. The van der Waals surface area contributed by atoms with Crippen LogP contribution in [0.3, 0.4) is 0 Å². The number of rotatable bonds is 4. The van der Waals surface area contributed by atoms with E-state index in [9.17, 15) is 0 Å². The second-order valence-corrected chi connectivity index (χ2v) is 4.96. The van der Waals surface area contributed by atoms with E-state index in [0.29, 0.717) is 5.92 Å². The first-order chi connectivity index (χ1) is 8.29. The van der Waals surface area contributed by atoms with E-state index in [1.54, 1.807) is 11.8 Å². The van der Waals surface area contributed by atoms with E-state index in [1.165, 1.54) is 10.5 Å². The molecule has 2 heterocycles. The number of hydrogen-bond acceptors (Lipinski definition) is 3. The molecule has 0 aliphatic heterocycles. The van der Waals surface area contributed by atoms with E-state index in [4.69, 9.17) is 0 Å². The minimum atomic E-state index is 0.452. The second-order valence-electron chi connectivity index (χ2n) is 4.08. The summed E-state index contributed by atoms with van der Waals surface area (Å²) in [5, 5.41) is 0. The van der Waals surface area contributed by atoms with E-state index in [1.807, 2.05) is 30.7 Å². The molecule has 0 saturated carbocycles. The van der Waals surface area contributed by atoms with Crippen LogP contribution in [0, 0.1) is 0 Å². The zero-order chi connectivity index (χ0) is 12.1. The number of pyridine rings is 2. The molecule has 2 aromatic heterocycles. The van der Waals surface area contributed by atoms with Gasteiger partial charge in [-0.25, -0.2) is 0 Å².